The molecular formula is C20H21N3O3S2. The Labute approximate surface area is 168 Å². The van der Waals surface area contributed by atoms with Gasteiger partial charge in [-0.3, -0.25) is 9.78 Å². The summed E-state index contributed by atoms with van der Waals surface area (Å²) in [5, 5.41) is 4.85. The number of nitrogens with one attached hydrogen (secondary N) is 2. The lowest BCUT2D eigenvalue weighted by Crippen LogP contribution is -2.27. The molecule has 1 aromatic carbocycles. The van der Waals surface area contributed by atoms with E-state index in [-0.39, 0.29) is 16.8 Å². The lowest BCUT2D eigenvalue weighted by molar-refractivity contribution is 0.0939. The number of thiophene rings is 1. The molecule has 8 heteroatoms. The lowest BCUT2D eigenvalue weighted by Gasteiger charge is -2.14. The van der Waals surface area contributed by atoms with Gasteiger partial charge < -0.3 is 5.32 Å². The highest BCUT2D eigenvalue weighted by molar-refractivity contribution is 7.89. The molecule has 0 bridgehead atoms. The summed E-state index contributed by atoms with van der Waals surface area (Å²) in [5.74, 6) is -0.265. The summed E-state index contributed by atoms with van der Waals surface area (Å²) in [7, 11) is -3.61. The first-order valence-electron chi connectivity index (χ1n) is 8.78. The number of pyridine rings is 1. The second-order valence-corrected chi connectivity index (χ2v) is 9.03. The van der Waals surface area contributed by atoms with Crippen molar-refractivity contribution < 1.29 is 13.2 Å². The van der Waals surface area contributed by atoms with Crippen LogP contribution in [0.1, 0.15) is 33.8 Å². The van der Waals surface area contributed by atoms with Gasteiger partial charge in [-0.05, 0) is 66.8 Å². The SMILES string of the molecule is C[C@@H](NC(=O)c1ccc(S(=O)(=O)NCCc2cccs2)cc1)c1ccncc1. The summed E-state index contributed by atoms with van der Waals surface area (Å²) in [4.78, 5) is 17.6. The third-order valence-corrected chi connectivity index (χ3v) is 6.64. The number of rotatable bonds is 8. The molecule has 0 unspecified atom stereocenters. The average molecular weight is 416 g/mol. The summed E-state index contributed by atoms with van der Waals surface area (Å²) in [6.07, 6.45) is 3.98. The van der Waals surface area contributed by atoms with Crippen LogP contribution in [0.3, 0.4) is 0 Å². The van der Waals surface area contributed by atoms with Crippen LogP contribution in [-0.2, 0) is 16.4 Å². The highest BCUT2D eigenvalue weighted by atomic mass is 32.2. The maximum Gasteiger partial charge on any atom is 0.251 e. The van der Waals surface area contributed by atoms with Gasteiger partial charge in [0, 0.05) is 29.4 Å². The molecule has 0 saturated heterocycles. The van der Waals surface area contributed by atoms with E-state index in [0.717, 1.165) is 10.4 Å². The Bertz CT molecular complexity index is 1000. The number of amides is 1. The van der Waals surface area contributed by atoms with Crippen LogP contribution < -0.4 is 10.0 Å². The minimum absolute atomic E-state index is 0.136. The van der Waals surface area contributed by atoms with Gasteiger partial charge in [0.2, 0.25) is 10.0 Å². The number of carbonyl (C=O) groups excluding carboxylic acids is 1. The normalized spacial score (nSPS) is 12.5. The van der Waals surface area contributed by atoms with Gasteiger partial charge in [0.05, 0.1) is 10.9 Å². The average Bonchev–Trinajstić information content (AvgIpc) is 3.22. The number of aromatic nitrogens is 1. The van der Waals surface area contributed by atoms with Crippen molar-refractivity contribution in [1.82, 2.24) is 15.0 Å². The van der Waals surface area contributed by atoms with Crippen molar-refractivity contribution in [2.75, 3.05) is 6.54 Å². The van der Waals surface area contributed by atoms with Crippen molar-refractivity contribution in [3.63, 3.8) is 0 Å². The van der Waals surface area contributed by atoms with E-state index < -0.39 is 10.0 Å². The molecule has 3 rings (SSSR count). The lowest BCUT2D eigenvalue weighted by atomic mass is 10.1. The molecule has 0 aliphatic heterocycles. The first-order chi connectivity index (χ1) is 13.5. The van der Waals surface area contributed by atoms with Crippen molar-refractivity contribution in [1.29, 1.82) is 0 Å². The zero-order valence-electron chi connectivity index (χ0n) is 15.3. The standard InChI is InChI=1S/C20H21N3O3S2/c1-15(16-8-11-21-12-9-16)23-20(24)17-4-6-19(7-5-17)28(25,26)22-13-10-18-3-2-14-27-18/h2-9,11-12,14-15,22H,10,13H2,1H3,(H,23,24)/t15-/m1/s1. The molecule has 0 saturated carbocycles. The van der Waals surface area contributed by atoms with Crippen molar-refractivity contribution in [3.8, 4) is 0 Å². The van der Waals surface area contributed by atoms with Gasteiger partial charge in [-0.25, -0.2) is 13.1 Å². The highest BCUT2D eigenvalue weighted by Gasteiger charge is 2.16. The van der Waals surface area contributed by atoms with Crippen molar-refractivity contribution in [2.24, 2.45) is 0 Å². The van der Waals surface area contributed by atoms with Gasteiger partial charge in [-0.2, -0.15) is 0 Å². The molecule has 6 nitrogen and oxygen atoms in total. The number of nitrogens with zero attached hydrogens (tertiary/aromatic N) is 1. The summed E-state index contributed by atoms with van der Waals surface area (Å²) in [6, 6.07) is 13.3. The van der Waals surface area contributed by atoms with Crippen LogP contribution in [0.15, 0.2) is 71.2 Å². The van der Waals surface area contributed by atoms with E-state index in [1.54, 1.807) is 23.7 Å². The number of carbonyl (C=O) groups is 1. The Morgan fingerprint density at radius 2 is 1.82 bits per heavy atom. The van der Waals surface area contributed by atoms with Gasteiger partial charge in [0.1, 0.15) is 0 Å². The Balaban J connectivity index is 1.59. The van der Waals surface area contributed by atoms with E-state index in [0.29, 0.717) is 18.5 Å². The molecule has 2 N–H and O–H groups in total. The Morgan fingerprint density at radius 3 is 2.46 bits per heavy atom. The van der Waals surface area contributed by atoms with Crippen LogP contribution in [0.25, 0.3) is 0 Å². The van der Waals surface area contributed by atoms with Gasteiger partial charge in [-0.1, -0.05) is 6.07 Å². The zero-order chi connectivity index (χ0) is 20.0. The molecule has 2 aromatic heterocycles. The van der Waals surface area contributed by atoms with Crippen LogP contribution in [-0.4, -0.2) is 25.9 Å². The minimum atomic E-state index is -3.61. The van der Waals surface area contributed by atoms with E-state index in [1.807, 2.05) is 36.6 Å². The van der Waals surface area contributed by atoms with Crippen LogP contribution in [0.2, 0.25) is 0 Å². The van der Waals surface area contributed by atoms with Gasteiger partial charge >= 0.3 is 0 Å². The highest BCUT2D eigenvalue weighted by Crippen LogP contribution is 2.14. The number of hydrogen-bond acceptors (Lipinski definition) is 5. The molecule has 2 heterocycles. The van der Waals surface area contributed by atoms with Gasteiger partial charge in [0.15, 0.2) is 0 Å². The van der Waals surface area contributed by atoms with Crippen LogP contribution in [0.4, 0.5) is 0 Å². The quantitative estimate of drug-likeness (QED) is 0.592. The van der Waals surface area contributed by atoms with Crippen LogP contribution in [0.5, 0.6) is 0 Å². The Morgan fingerprint density at radius 1 is 1.11 bits per heavy atom. The summed E-state index contributed by atoms with van der Waals surface area (Å²) < 4.78 is 27.4. The maximum absolute atomic E-state index is 12.4. The van der Waals surface area contributed by atoms with Gasteiger partial charge in [-0.15, -0.1) is 11.3 Å². The molecule has 146 valence electrons. The fraction of sp³-hybridized carbons (Fsp3) is 0.200. The zero-order valence-corrected chi connectivity index (χ0v) is 17.0. The fourth-order valence-corrected chi connectivity index (χ4v) is 4.39. The third-order valence-electron chi connectivity index (χ3n) is 4.22. The van der Waals surface area contributed by atoms with Crippen molar-refractivity contribution >= 4 is 27.3 Å². The molecule has 1 amide bonds. The Hall–Kier alpha value is -2.55. The second kappa shape index (κ2) is 9.09. The van der Waals surface area contributed by atoms with Gasteiger partial charge in [0.25, 0.3) is 5.91 Å². The predicted molar refractivity (Wildman–Crippen MR) is 110 cm³/mol. The number of benzene rings is 1. The molecule has 0 spiro atoms. The second-order valence-electron chi connectivity index (χ2n) is 6.23. The largest absolute Gasteiger partial charge is 0.346 e. The molecule has 1 atom stereocenters. The minimum Gasteiger partial charge on any atom is -0.346 e. The number of hydrogen-bond donors (Lipinski definition) is 2. The van der Waals surface area contributed by atoms with E-state index in [4.69, 9.17) is 0 Å². The first kappa shape index (κ1) is 20.2. The maximum atomic E-state index is 12.4. The first-order valence-corrected chi connectivity index (χ1v) is 11.1. The van der Waals surface area contributed by atoms with E-state index >= 15 is 0 Å². The molecule has 0 aliphatic rings. The summed E-state index contributed by atoms with van der Waals surface area (Å²) >= 11 is 1.59. The third kappa shape index (κ3) is 5.25. The number of sulfonamides is 1. The smallest absolute Gasteiger partial charge is 0.251 e. The Kier molecular flexibility index (Phi) is 6.56. The molecule has 0 fully saturated rings. The summed E-state index contributed by atoms with van der Waals surface area (Å²) in [5.41, 5.74) is 1.34. The topological polar surface area (TPSA) is 88.2 Å². The predicted octanol–water partition coefficient (Wildman–Crippen LogP) is 3.16. The van der Waals surface area contributed by atoms with Crippen molar-refractivity contribution in [2.45, 2.75) is 24.3 Å². The molecule has 0 radical (unpaired) electrons. The molecular weight excluding hydrogens is 394 g/mol. The van der Waals surface area contributed by atoms with Crippen LogP contribution in [0, 0.1) is 0 Å². The van der Waals surface area contributed by atoms with Crippen molar-refractivity contribution in [3.05, 3.63) is 82.3 Å². The molecule has 28 heavy (non-hydrogen) atoms. The molecule has 3 aromatic rings. The molecule has 0 aliphatic carbocycles. The monoisotopic (exact) mass is 415 g/mol. The van der Waals surface area contributed by atoms with E-state index in [1.165, 1.54) is 24.3 Å². The van der Waals surface area contributed by atoms with E-state index in [2.05, 4.69) is 15.0 Å². The van der Waals surface area contributed by atoms with Crippen LogP contribution >= 0.6 is 11.3 Å². The van der Waals surface area contributed by atoms with E-state index in [9.17, 15) is 13.2 Å². The summed E-state index contributed by atoms with van der Waals surface area (Å²) in [6.45, 7) is 2.21. The fourth-order valence-electron chi connectivity index (χ4n) is 2.65.